The SMILES string of the molecule is CC1(C(=O)O)CCCN1C(=O)c1ccc(NC(=O)Nc2ccccc2)cc1. The van der Waals surface area contributed by atoms with Crippen LogP contribution in [0.5, 0.6) is 0 Å². The Morgan fingerprint density at radius 1 is 0.963 bits per heavy atom. The van der Waals surface area contributed by atoms with Gasteiger partial charge >= 0.3 is 12.0 Å². The van der Waals surface area contributed by atoms with Gasteiger partial charge in [0, 0.05) is 23.5 Å². The molecule has 0 aromatic heterocycles. The molecule has 3 N–H and O–H groups in total. The lowest BCUT2D eigenvalue weighted by Crippen LogP contribution is -2.50. The van der Waals surface area contributed by atoms with Crippen molar-refractivity contribution in [2.75, 3.05) is 17.2 Å². The standard InChI is InChI=1S/C20H21N3O4/c1-20(18(25)26)12-5-13-23(20)17(24)14-8-10-16(11-9-14)22-19(27)21-15-6-3-2-4-7-15/h2-4,6-11H,5,12-13H2,1H3,(H,25,26)(H2,21,22,27). The Kier molecular flexibility index (Phi) is 5.12. The van der Waals surface area contributed by atoms with Crippen molar-refractivity contribution in [3.05, 3.63) is 60.2 Å². The van der Waals surface area contributed by atoms with E-state index in [0.717, 1.165) is 0 Å². The van der Waals surface area contributed by atoms with Crippen molar-refractivity contribution in [3.8, 4) is 0 Å². The van der Waals surface area contributed by atoms with Gasteiger partial charge < -0.3 is 20.6 Å². The van der Waals surface area contributed by atoms with E-state index in [-0.39, 0.29) is 5.91 Å². The van der Waals surface area contributed by atoms with Gasteiger partial charge in [0.05, 0.1) is 0 Å². The number of likely N-dealkylation sites (tertiary alicyclic amines) is 1. The quantitative estimate of drug-likeness (QED) is 0.771. The van der Waals surface area contributed by atoms with Gasteiger partial charge in [-0.05, 0) is 56.2 Å². The topological polar surface area (TPSA) is 98.7 Å². The van der Waals surface area contributed by atoms with Crippen LogP contribution in [0.3, 0.4) is 0 Å². The summed E-state index contributed by atoms with van der Waals surface area (Å²) in [5.74, 6) is -1.32. The molecule has 0 spiro atoms. The number of urea groups is 1. The number of carboxylic acids is 1. The average Bonchev–Trinajstić information content (AvgIpc) is 3.06. The van der Waals surface area contributed by atoms with Crippen LogP contribution in [0.25, 0.3) is 0 Å². The van der Waals surface area contributed by atoms with E-state index in [9.17, 15) is 19.5 Å². The van der Waals surface area contributed by atoms with Crippen LogP contribution in [0.1, 0.15) is 30.1 Å². The summed E-state index contributed by atoms with van der Waals surface area (Å²) >= 11 is 0. The van der Waals surface area contributed by atoms with Gasteiger partial charge in [-0.1, -0.05) is 18.2 Å². The fraction of sp³-hybridized carbons (Fsp3) is 0.250. The van der Waals surface area contributed by atoms with Crippen LogP contribution < -0.4 is 10.6 Å². The number of carbonyl (C=O) groups is 3. The zero-order chi connectivity index (χ0) is 19.4. The van der Waals surface area contributed by atoms with E-state index >= 15 is 0 Å². The van der Waals surface area contributed by atoms with Crippen LogP contribution in [0, 0.1) is 0 Å². The summed E-state index contributed by atoms with van der Waals surface area (Å²) in [6, 6.07) is 15.1. The monoisotopic (exact) mass is 367 g/mol. The number of benzene rings is 2. The number of carbonyl (C=O) groups excluding carboxylic acids is 2. The molecule has 3 rings (SSSR count). The number of amides is 3. The first-order valence-electron chi connectivity index (χ1n) is 8.69. The summed E-state index contributed by atoms with van der Waals surface area (Å²) in [6.45, 7) is 1.99. The van der Waals surface area contributed by atoms with E-state index in [1.165, 1.54) is 4.90 Å². The molecular formula is C20H21N3O4. The van der Waals surface area contributed by atoms with Crippen LogP contribution in [0.4, 0.5) is 16.2 Å². The van der Waals surface area contributed by atoms with E-state index in [4.69, 9.17) is 0 Å². The maximum Gasteiger partial charge on any atom is 0.329 e. The summed E-state index contributed by atoms with van der Waals surface area (Å²) in [6.07, 6.45) is 1.10. The van der Waals surface area contributed by atoms with Gasteiger partial charge in [0.1, 0.15) is 5.54 Å². The number of nitrogens with zero attached hydrogens (tertiary/aromatic N) is 1. The Bertz CT molecular complexity index is 851. The molecule has 0 bridgehead atoms. The van der Waals surface area contributed by atoms with Gasteiger partial charge in [-0.25, -0.2) is 9.59 Å². The molecular weight excluding hydrogens is 346 g/mol. The molecule has 7 nitrogen and oxygen atoms in total. The molecule has 7 heteroatoms. The van der Waals surface area contributed by atoms with E-state index in [2.05, 4.69) is 10.6 Å². The molecule has 1 atom stereocenters. The minimum atomic E-state index is -1.18. The Labute approximate surface area is 157 Å². The summed E-state index contributed by atoms with van der Waals surface area (Å²) in [5.41, 5.74) is 0.411. The molecule has 0 aliphatic carbocycles. The fourth-order valence-electron chi connectivity index (χ4n) is 3.18. The van der Waals surface area contributed by atoms with Gasteiger partial charge in [-0.3, -0.25) is 4.79 Å². The van der Waals surface area contributed by atoms with Gasteiger partial charge in [0.25, 0.3) is 5.91 Å². The lowest BCUT2D eigenvalue weighted by molar-refractivity contribution is -0.147. The molecule has 1 fully saturated rings. The summed E-state index contributed by atoms with van der Waals surface area (Å²) in [7, 11) is 0. The third-order valence-electron chi connectivity index (χ3n) is 4.77. The number of hydrogen-bond acceptors (Lipinski definition) is 3. The van der Waals surface area contributed by atoms with E-state index < -0.39 is 17.5 Å². The van der Waals surface area contributed by atoms with Crippen molar-refractivity contribution in [2.45, 2.75) is 25.3 Å². The van der Waals surface area contributed by atoms with Crippen molar-refractivity contribution >= 4 is 29.3 Å². The van der Waals surface area contributed by atoms with Crippen molar-refractivity contribution in [1.82, 2.24) is 4.90 Å². The maximum atomic E-state index is 12.7. The first-order valence-corrected chi connectivity index (χ1v) is 8.69. The largest absolute Gasteiger partial charge is 0.480 e. The Hall–Kier alpha value is -3.35. The fourth-order valence-corrected chi connectivity index (χ4v) is 3.18. The lowest BCUT2D eigenvalue weighted by Gasteiger charge is -2.31. The molecule has 0 saturated carbocycles. The predicted octanol–water partition coefficient (Wildman–Crippen LogP) is 3.41. The Morgan fingerprint density at radius 3 is 2.15 bits per heavy atom. The molecule has 1 unspecified atom stereocenters. The van der Waals surface area contributed by atoms with E-state index in [1.807, 2.05) is 18.2 Å². The number of rotatable bonds is 4. The molecule has 27 heavy (non-hydrogen) atoms. The first-order chi connectivity index (χ1) is 12.9. The number of anilines is 2. The lowest BCUT2D eigenvalue weighted by atomic mass is 9.98. The van der Waals surface area contributed by atoms with Crippen molar-refractivity contribution in [3.63, 3.8) is 0 Å². The van der Waals surface area contributed by atoms with Gasteiger partial charge in [-0.2, -0.15) is 0 Å². The van der Waals surface area contributed by atoms with E-state index in [0.29, 0.717) is 36.3 Å². The predicted molar refractivity (Wildman–Crippen MR) is 102 cm³/mol. The Balaban J connectivity index is 1.65. The molecule has 0 radical (unpaired) electrons. The smallest absolute Gasteiger partial charge is 0.329 e. The normalized spacial score (nSPS) is 18.8. The van der Waals surface area contributed by atoms with Crippen molar-refractivity contribution in [2.24, 2.45) is 0 Å². The number of aliphatic carboxylic acids is 1. The summed E-state index contributed by atoms with van der Waals surface area (Å²) < 4.78 is 0. The highest BCUT2D eigenvalue weighted by Crippen LogP contribution is 2.31. The molecule has 140 valence electrons. The molecule has 2 aromatic rings. The third-order valence-corrected chi connectivity index (χ3v) is 4.77. The van der Waals surface area contributed by atoms with Crippen LogP contribution >= 0.6 is 0 Å². The zero-order valence-corrected chi connectivity index (χ0v) is 14.9. The third kappa shape index (κ3) is 3.92. The molecule has 1 heterocycles. The van der Waals surface area contributed by atoms with E-state index in [1.54, 1.807) is 43.3 Å². The molecule has 1 saturated heterocycles. The highest BCUT2D eigenvalue weighted by molar-refractivity contribution is 6.01. The molecule has 3 amide bonds. The number of carboxylic acid groups (broad SMARTS) is 1. The van der Waals surface area contributed by atoms with Crippen LogP contribution in [-0.4, -0.2) is 40.0 Å². The van der Waals surface area contributed by atoms with Crippen LogP contribution in [0.2, 0.25) is 0 Å². The second-order valence-corrected chi connectivity index (χ2v) is 6.66. The number of hydrogen-bond donors (Lipinski definition) is 3. The van der Waals surface area contributed by atoms with Gasteiger partial charge in [-0.15, -0.1) is 0 Å². The van der Waals surface area contributed by atoms with Crippen molar-refractivity contribution in [1.29, 1.82) is 0 Å². The molecule has 2 aromatic carbocycles. The second-order valence-electron chi connectivity index (χ2n) is 6.66. The maximum absolute atomic E-state index is 12.7. The Morgan fingerprint density at radius 2 is 1.56 bits per heavy atom. The minimum Gasteiger partial charge on any atom is -0.480 e. The molecule has 1 aliphatic rings. The number of para-hydroxylation sites is 1. The zero-order valence-electron chi connectivity index (χ0n) is 14.9. The highest BCUT2D eigenvalue weighted by Gasteiger charge is 2.46. The molecule has 1 aliphatic heterocycles. The second kappa shape index (κ2) is 7.49. The van der Waals surface area contributed by atoms with Gasteiger partial charge in [0.2, 0.25) is 0 Å². The first kappa shape index (κ1) is 18.4. The average molecular weight is 367 g/mol. The minimum absolute atomic E-state index is 0.322. The van der Waals surface area contributed by atoms with Crippen molar-refractivity contribution < 1.29 is 19.5 Å². The summed E-state index contributed by atoms with van der Waals surface area (Å²) in [5, 5.41) is 14.9. The highest BCUT2D eigenvalue weighted by atomic mass is 16.4. The van der Waals surface area contributed by atoms with Gasteiger partial charge in [0.15, 0.2) is 0 Å². The van der Waals surface area contributed by atoms with Crippen LogP contribution in [0.15, 0.2) is 54.6 Å². The number of nitrogens with one attached hydrogen (secondary N) is 2. The van der Waals surface area contributed by atoms with Crippen LogP contribution in [-0.2, 0) is 4.79 Å². The summed E-state index contributed by atoms with van der Waals surface area (Å²) in [4.78, 5) is 37.7.